The van der Waals surface area contributed by atoms with E-state index in [2.05, 4.69) is 29.4 Å². The maximum Gasteiger partial charge on any atom is 0.225 e. The summed E-state index contributed by atoms with van der Waals surface area (Å²) in [5, 5.41) is 1.49. The Labute approximate surface area is 168 Å². The van der Waals surface area contributed by atoms with Crippen molar-refractivity contribution >= 4 is 28.4 Å². The number of benzene rings is 2. The maximum absolute atomic E-state index is 13.1. The van der Waals surface area contributed by atoms with Crippen molar-refractivity contribution in [2.75, 3.05) is 19.7 Å². The highest BCUT2D eigenvalue weighted by Crippen LogP contribution is 2.33. The van der Waals surface area contributed by atoms with E-state index in [4.69, 9.17) is 16.3 Å². The average Bonchev–Trinajstić information content (AvgIpc) is 3.14. The van der Waals surface area contributed by atoms with Gasteiger partial charge in [0.1, 0.15) is 11.6 Å². The number of aromatic amines is 1. The van der Waals surface area contributed by atoms with E-state index in [9.17, 15) is 9.18 Å². The number of carbonyl (C=O) groups excluding carboxylic acids is 1. The summed E-state index contributed by atoms with van der Waals surface area (Å²) in [6.45, 7) is 1.73. The van der Waals surface area contributed by atoms with Gasteiger partial charge >= 0.3 is 0 Å². The number of hydrogen-bond donors (Lipinski definition) is 1. The molecule has 1 saturated heterocycles. The first-order chi connectivity index (χ1) is 13.6. The van der Waals surface area contributed by atoms with Crippen LogP contribution in [0, 0.1) is 5.82 Å². The summed E-state index contributed by atoms with van der Waals surface area (Å²) < 4.78 is 18.6. The minimum atomic E-state index is -0.411. The lowest BCUT2D eigenvalue weighted by molar-refractivity contribution is -0.132. The van der Waals surface area contributed by atoms with Crippen molar-refractivity contribution in [2.24, 2.45) is 0 Å². The van der Waals surface area contributed by atoms with Crippen molar-refractivity contribution in [3.8, 4) is 5.75 Å². The molecule has 0 aliphatic carbocycles. The number of fused-ring (bicyclic) bond motifs is 1. The predicted octanol–water partition coefficient (Wildman–Crippen LogP) is 5.14. The number of halogens is 2. The number of hydrogen-bond acceptors (Lipinski definition) is 2. The third kappa shape index (κ3) is 3.99. The molecule has 0 saturated carbocycles. The number of aromatic nitrogens is 1. The van der Waals surface area contributed by atoms with E-state index < -0.39 is 5.82 Å². The number of para-hydroxylation sites is 1. The Morgan fingerprint density at radius 3 is 2.79 bits per heavy atom. The van der Waals surface area contributed by atoms with E-state index in [-0.39, 0.29) is 24.0 Å². The molecule has 0 radical (unpaired) electrons. The molecule has 6 heteroatoms. The second-order valence-electron chi connectivity index (χ2n) is 7.12. The standard InChI is InChI=1S/C22H22ClFN2O2/c23-19-13-16(24)5-6-21(19)28-12-9-22(27)26-10-7-15(8-11-26)18-14-25-20-4-2-1-3-17(18)20/h1-6,13-15,25H,7-12H2. The molecule has 28 heavy (non-hydrogen) atoms. The van der Waals surface area contributed by atoms with E-state index in [1.54, 1.807) is 0 Å². The van der Waals surface area contributed by atoms with Crippen molar-refractivity contribution in [1.82, 2.24) is 9.88 Å². The Morgan fingerprint density at radius 1 is 1.21 bits per heavy atom. The van der Waals surface area contributed by atoms with Crippen LogP contribution in [0.3, 0.4) is 0 Å². The summed E-state index contributed by atoms with van der Waals surface area (Å²) in [6.07, 6.45) is 4.30. The van der Waals surface area contributed by atoms with Crippen molar-refractivity contribution < 1.29 is 13.9 Å². The molecule has 1 aliphatic rings. The zero-order chi connectivity index (χ0) is 19.5. The highest BCUT2D eigenvalue weighted by Gasteiger charge is 2.25. The van der Waals surface area contributed by atoms with Crippen LogP contribution >= 0.6 is 11.6 Å². The third-order valence-electron chi connectivity index (χ3n) is 5.38. The van der Waals surface area contributed by atoms with E-state index in [1.165, 1.54) is 29.1 Å². The Hall–Kier alpha value is -2.53. The first-order valence-corrected chi connectivity index (χ1v) is 9.91. The molecule has 3 aromatic rings. The minimum Gasteiger partial charge on any atom is -0.491 e. The molecule has 1 amide bonds. The zero-order valence-electron chi connectivity index (χ0n) is 15.5. The van der Waals surface area contributed by atoms with E-state index in [1.807, 2.05) is 11.0 Å². The molecule has 1 aromatic heterocycles. The van der Waals surface area contributed by atoms with E-state index in [0.29, 0.717) is 11.7 Å². The van der Waals surface area contributed by atoms with Crippen LogP contribution in [-0.2, 0) is 4.79 Å². The predicted molar refractivity (Wildman–Crippen MR) is 108 cm³/mol. The highest BCUT2D eigenvalue weighted by atomic mass is 35.5. The van der Waals surface area contributed by atoms with Crippen LogP contribution < -0.4 is 4.74 Å². The second kappa shape index (κ2) is 8.23. The molecular formula is C22H22ClFN2O2. The van der Waals surface area contributed by atoms with Crippen LogP contribution in [0.5, 0.6) is 5.75 Å². The van der Waals surface area contributed by atoms with Gasteiger partial charge in [-0.05, 0) is 48.6 Å². The van der Waals surface area contributed by atoms with Gasteiger partial charge in [-0.2, -0.15) is 0 Å². The van der Waals surface area contributed by atoms with Crippen LogP contribution in [0.4, 0.5) is 4.39 Å². The van der Waals surface area contributed by atoms with Gasteiger partial charge in [0.15, 0.2) is 0 Å². The van der Waals surface area contributed by atoms with Gasteiger partial charge in [-0.25, -0.2) is 4.39 Å². The molecule has 1 fully saturated rings. The molecule has 4 rings (SSSR count). The normalized spacial score (nSPS) is 15.1. The first-order valence-electron chi connectivity index (χ1n) is 9.53. The van der Waals surface area contributed by atoms with Gasteiger partial charge in [0.2, 0.25) is 5.91 Å². The van der Waals surface area contributed by atoms with E-state index >= 15 is 0 Å². The smallest absolute Gasteiger partial charge is 0.225 e. The molecule has 2 heterocycles. The fourth-order valence-electron chi connectivity index (χ4n) is 3.87. The van der Waals surface area contributed by atoms with Crippen molar-refractivity contribution in [3.05, 3.63) is 65.1 Å². The summed E-state index contributed by atoms with van der Waals surface area (Å²) in [7, 11) is 0. The number of nitrogens with zero attached hydrogens (tertiary/aromatic N) is 1. The van der Waals surface area contributed by atoms with Crippen LogP contribution in [-0.4, -0.2) is 35.5 Å². The summed E-state index contributed by atoms with van der Waals surface area (Å²) >= 11 is 5.94. The monoisotopic (exact) mass is 400 g/mol. The lowest BCUT2D eigenvalue weighted by Crippen LogP contribution is -2.38. The van der Waals surface area contributed by atoms with Gasteiger partial charge in [-0.15, -0.1) is 0 Å². The molecule has 0 unspecified atom stereocenters. The maximum atomic E-state index is 13.1. The quantitative estimate of drug-likeness (QED) is 0.644. The number of likely N-dealkylation sites (tertiary alicyclic amines) is 1. The summed E-state index contributed by atoms with van der Waals surface area (Å²) in [5.74, 6) is 0.533. The zero-order valence-corrected chi connectivity index (χ0v) is 16.2. The number of piperidine rings is 1. The first kappa shape index (κ1) is 18.8. The molecule has 0 atom stereocenters. The molecule has 0 spiro atoms. The number of H-pyrrole nitrogens is 1. The minimum absolute atomic E-state index is 0.0793. The summed E-state index contributed by atoms with van der Waals surface area (Å²) in [6, 6.07) is 12.3. The Morgan fingerprint density at radius 2 is 2.00 bits per heavy atom. The number of ether oxygens (including phenoxy) is 1. The van der Waals surface area contributed by atoms with Crippen LogP contribution in [0.1, 0.15) is 30.7 Å². The molecular weight excluding hydrogens is 379 g/mol. The van der Waals surface area contributed by atoms with Crippen LogP contribution in [0.2, 0.25) is 5.02 Å². The Balaban J connectivity index is 1.28. The topological polar surface area (TPSA) is 45.3 Å². The number of nitrogens with one attached hydrogen (secondary N) is 1. The molecule has 1 aliphatic heterocycles. The molecule has 0 bridgehead atoms. The van der Waals surface area contributed by atoms with Crippen molar-refractivity contribution in [1.29, 1.82) is 0 Å². The van der Waals surface area contributed by atoms with Crippen molar-refractivity contribution in [3.63, 3.8) is 0 Å². The largest absolute Gasteiger partial charge is 0.491 e. The lowest BCUT2D eigenvalue weighted by atomic mass is 9.89. The SMILES string of the molecule is O=C(CCOc1ccc(F)cc1Cl)N1CCC(c2c[nH]c3ccccc23)CC1. The van der Waals surface area contributed by atoms with Gasteiger partial charge in [0.05, 0.1) is 18.1 Å². The van der Waals surface area contributed by atoms with Gasteiger partial charge in [0, 0.05) is 30.2 Å². The Kier molecular flexibility index (Phi) is 5.53. The van der Waals surface area contributed by atoms with Crippen LogP contribution in [0.25, 0.3) is 10.9 Å². The average molecular weight is 401 g/mol. The molecule has 2 aromatic carbocycles. The number of rotatable bonds is 5. The van der Waals surface area contributed by atoms with Crippen LogP contribution in [0.15, 0.2) is 48.7 Å². The fraction of sp³-hybridized carbons (Fsp3) is 0.318. The summed E-state index contributed by atoms with van der Waals surface area (Å²) in [5.41, 5.74) is 2.50. The molecule has 146 valence electrons. The van der Waals surface area contributed by atoms with E-state index in [0.717, 1.165) is 31.4 Å². The lowest BCUT2D eigenvalue weighted by Gasteiger charge is -2.32. The second-order valence-corrected chi connectivity index (χ2v) is 7.53. The molecule has 4 nitrogen and oxygen atoms in total. The van der Waals surface area contributed by atoms with Gasteiger partial charge < -0.3 is 14.6 Å². The Bertz CT molecular complexity index is 980. The van der Waals surface area contributed by atoms with Gasteiger partial charge in [-0.3, -0.25) is 4.79 Å². The van der Waals surface area contributed by atoms with Crippen molar-refractivity contribution in [2.45, 2.75) is 25.2 Å². The van der Waals surface area contributed by atoms with Gasteiger partial charge in [-0.1, -0.05) is 29.8 Å². The third-order valence-corrected chi connectivity index (χ3v) is 5.67. The highest BCUT2D eigenvalue weighted by molar-refractivity contribution is 6.32. The molecule has 1 N–H and O–H groups in total. The fourth-order valence-corrected chi connectivity index (χ4v) is 4.09. The number of carbonyl (C=O) groups is 1. The number of amides is 1. The van der Waals surface area contributed by atoms with Gasteiger partial charge in [0.25, 0.3) is 0 Å². The summed E-state index contributed by atoms with van der Waals surface area (Å²) in [4.78, 5) is 17.7.